The van der Waals surface area contributed by atoms with Gasteiger partial charge in [0.2, 0.25) is 11.6 Å². The standard InChI is InChI=1S/C15H15NO2.C14H12ClNO2.C14H8F5NO2.C10H11NO3.C8H7Cl2NO2.2C8H8ClNO2.C8H4F5NO2.C8H9NO2/c17-15(14-9-5-2-6-10-14)16-12-18-11-13-7-3-1-4-8-13;15-13-8-6-12(7-9-13)14(17)16-18-10-11-4-2-1-3-5-11;15-9-8(10(16)12(18)13(19)11(9)17)14(21)20-22-6-7-4-2-1-3-5-7;1-8(12)7-14-11-10(13)9-5-3-2-4-6-9;1-13-11-8(12)6-3-2-5(9)4-7(6)10;1-12-10-8(11)6-2-4-7(9)5-3-6;1-12-10-8(11)6-4-2-3-5-7(6)9;1-16-14-8(15)2-3(9)5(11)7(13)6(12)4(2)10;1-11-9-8(10)7-5-3-2-4-6-7/h1-10H,11-12H2,(H,16,17);1-9H,10H2,(H,16,17);1-5H,6H2,(H,20,21);2-6H,7H2,1H3,(H,11,13);2-4H,1H3,(H,11,12);2*2-5H,1H3,(H,10,11);1H3,(H,14,15);2-6H,1H3,(H,9,10). The summed E-state index contributed by atoms with van der Waals surface area (Å²) in [6.07, 6.45) is 0. The van der Waals surface area contributed by atoms with Crippen molar-refractivity contribution in [3.63, 3.8) is 0 Å². The second kappa shape index (κ2) is 63.9. The van der Waals surface area contributed by atoms with Crippen LogP contribution in [0.15, 0.2) is 273 Å². The first-order valence-corrected chi connectivity index (χ1v) is 40.3. The van der Waals surface area contributed by atoms with Gasteiger partial charge < -0.3 is 10.1 Å². The molecular formula is C93H82Cl5F10N9O19. The van der Waals surface area contributed by atoms with Crippen LogP contribution in [0.4, 0.5) is 43.9 Å². The summed E-state index contributed by atoms with van der Waals surface area (Å²) in [6.45, 7) is 2.16. The van der Waals surface area contributed by atoms with Gasteiger partial charge in [-0.1, -0.05) is 216 Å². The Hall–Kier alpha value is -14.1. The topological polar surface area (TPSA) is 362 Å². The summed E-state index contributed by atoms with van der Waals surface area (Å²) in [5.41, 5.74) is 19.4. The van der Waals surface area contributed by atoms with Crippen molar-refractivity contribution in [1.29, 1.82) is 0 Å². The lowest BCUT2D eigenvalue weighted by Crippen LogP contribution is -2.27. The third-order valence-corrected chi connectivity index (χ3v) is 17.2. The van der Waals surface area contributed by atoms with E-state index in [-0.39, 0.29) is 61.2 Å². The molecule has 0 bridgehead atoms. The van der Waals surface area contributed by atoms with Crippen molar-refractivity contribution in [2.75, 3.05) is 48.9 Å². The molecule has 0 heterocycles. The molecule has 0 saturated carbocycles. The molecular weight excluding hydrogens is 1910 g/mol. The minimum atomic E-state index is -2.34. The fourth-order valence-corrected chi connectivity index (χ4v) is 10.5. The predicted octanol–water partition coefficient (Wildman–Crippen LogP) is 18.2. The fraction of sp³-hybridized carbons (Fsp3) is 0.118. The zero-order chi connectivity index (χ0) is 100. The molecule has 12 rings (SSSR count). The van der Waals surface area contributed by atoms with E-state index in [9.17, 15) is 91.8 Å². The first-order valence-electron chi connectivity index (χ1n) is 38.4. The Balaban J connectivity index is 0.000000322. The largest absolute Gasteiger partial charge is 0.357 e. The van der Waals surface area contributed by atoms with E-state index < -0.39 is 87.0 Å². The maximum absolute atomic E-state index is 13.4. The molecule has 0 aliphatic heterocycles. The van der Waals surface area contributed by atoms with Gasteiger partial charge >= 0.3 is 0 Å². The van der Waals surface area contributed by atoms with Crippen LogP contribution < -0.4 is 49.2 Å². The van der Waals surface area contributed by atoms with Crippen LogP contribution in [0, 0.1) is 58.2 Å². The van der Waals surface area contributed by atoms with Crippen LogP contribution in [-0.2, 0) is 68.1 Å². The van der Waals surface area contributed by atoms with Crippen LogP contribution in [0.5, 0.6) is 0 Å². The summed E-state index contributed by atoms with van der Waals surface area (Å²) in [4.78, 5) is 148. The summed E-state index contributed by atoms with van der Waals surface area (Å²) in [5.74, 6) is -27.7. The number of carbonyl (C=O) groups excluding carboxylic acids is 10. The highest BCUT2D eigenvalue weighted by Gasteiger charge is 2.32. The molecule has 43 heteroatoms. The monoisotopic (exact) mass is 1990 g/mol. The van der Waals surface area contributed by atoms with Gasteiger partial charge in [0.05, 0.1) is 76.5 Å². The Labute approximate surface area is 795 Å². The number of rotatable bonds is 27. The number of hydroxylamine groups is 8. The van der Waals surface area contributed by atoms with Gasteiger partial charge in [-0.05, 0) is 139 Å². The number of nitrogens with one attached hydrogen (secondary N) is 9. The number of benzene rings is 12. The maximum atomic E-state index is 13.4. The van der Waals surface area contributed by atoms with Crippen molar-refractivity contribution in [3.8, 4) is 0 Å². The van der Waals surface area contributed by atoms with Gasteiger partial charge in [0.25, 0.3) is 53.2 Å². The Morgan fingerprint density at radius 1 is 0.257 bits per heavy atom. The van der Waals surface area contributed by atoms with E-state index >= 15 is 0 Å². The highest BCUT2D eigenvalue weighted by molar-refractivity contribution is 6.37. The van der Waals surface area contributed by atoms with E-state index in [4.69, 9.17) is 67.6 Å². The van der Waals surface area contributed by atoms with Crippen LogP contribution in [0.2, 0.25) is 25.1 Å². The number of hydrogen-bond donors (Lipinski definition) is 9. The lowest BCUT2D eigenvalue weighted by molar-refractivity contribution is -0.123. The second-order valence-electron chi connectivity index (χ2n) is 25.6. The molecule has 12 aromatic carbocycles. The third kappa shape index (κ3) is 41.6. The normalized spacial score (nSPS) is 9.92. The SMILES string of the molecule is CC(=O)CONC(=O)c1ccccc1.CONC(=O)c1c(F)c(F)c(F)c(F)c1F.CONC(=O)c1ccc(Cl)cc1.CONC(=O)c1ccc(Cl)cc1Cl.CONC(=O)c1ccccc1.CONC(=O)c1ccccc1Cl.O=C(NCOCc1ccccc1)c1ccccc1.O=C(NOCc1ccccc1)c1c(F)c(F)c(F)c(F)c1F.O=C(NOCc1ccccc1)c1ccc(Cl)cc1. The van der Waals surface area contributed by atoms with Crippen molar-refractivity contribution in [1.82, 2.24) is 49.2 Å². The number of hydrogen-bond acceptors (Lipinski definition) is 19. The highest BCUT2D eigenvalue weighted by atomic mass is 35.5. The van der Waals surface area contributed by atoms with Crippen LogP contribution in [0.25, 0.3) is 0 Å². The zero-order valence-electron chi connectivity index (χ0n) is 71.9. The first-order chi connectivity index (χ1) is 65.1. The Morgan fingerprint density at radius 3 is 0.868 bits per heavy atom. The van der Waals surface area contributed by atoms with E-state index in [1.807, 2.05) is 91.0 Å². The minimum absolute atomic E-state index is 0.113. The van der Waals surface area contributed by atoms with E-state index in [0.29, 0.717) is 82.8 Å². The molecule has 9 amide bonds. The lowest BCUT2D eigenvalue weighted by atomic mass is 10.1. The van der Waals surface area contributed by atoms with E-state index in [0.717, 1.165) is 18.2 Å². The molecule has 0 unspecified atom stereocenters. The minimum Gasteiger partial charge on any atom is -0.357 e. The number of ketones is 1. The average Bonchev–Trinajstić information content (AvgIpc) is 0.792. The van der Waals surface area contributed by atoms with Gasteiger partial charge in [0.15, 0.2) is 52.3 Å². The average molecular weight is 2000 g/mol. The van der Waals surface area contributed by atoms with Gasteiger partial charge in [-0.15, -0.1) is 0 Å². The number of carbonyl (C=O) groups is 10. The van der Waals surface area contributed by atoms with Crippen molar-refractivity contribution in [3.05, 3.63) is 423 Å². The summed E-state index contributed by atoms with van der Waals surface area (Å²) < 4.78 is 135. The number of Topliss-reactive ketones (excluding diaryl/α,β-unsaturated/α-hetero) is 1. The third-order valence-electron chi connectivity index (χ3n) is 15.8. The highest BCUT2D eigenvalue weighted by Crippen LogP contribution is 2.26. The quantitative estimate of drug-likeness (QED) is 0.00576. The molecule has 0 saturated heterocycles. The number of ether oxygens (including phenoxy) is 1. The van der Waals surface area contributed by atoms with Crippen molar-refractivity contribution in [2.24, 2.45) is 0 Å². The lowest BCUT2D eigenvalue weighted by Gasteiger charge is -2.09. The maximum Gasteiger partial charge on any atom is 0.281 e. The van der Waals surface area contributed by atoms with Gasteiger partial charge in [-0.3, -0.25) is 86.6 Å². The van der Waals surface area contributed by atoms with Crippen LogP contribution in [0.1, 0.15) is 117 Å². The van der Waals surface area contributed by atoms with Crippen LogP contribution in [0.3, 0.4) is 0 Å². The Morgan fingerprint density at radius 2 is 0.522 bits per heavy atom. The zero-order valence-corrected chi connectivity index (χ0v) is 75.7. The molecule has 0 radical (unpaired) electrons. The molecule has 0 atom stereocenters. The van der Waals surface area contributed by atoms with Gasteiger partial charge in [-0.2, -0.15) is 0 Å². The van der Waals surface area contributed by atoms with Crippen molar-refractivity contribution < 1.29 is 135 Å². The summed E-state index contributed by atoms with van der Waals surface area (Å²) in [5, 5.41) is 5.09. The molecule has 28 nitrogen and oxygen atoms in total. The summed E-state index contributed by atoms with van der Waals surface area (Å²) in [7, 11) is 6.44. The Bertz CT molecular complexity index is 5760. The molecule has 0 aliphatic carbocycles. The second-order valence-corrected chi connectivity index (χ2v) is 27.7. The first kappa shape index (κ1) is 114. The van der Waals surface area contributed by atoms with Crippen molar-refractivity contribution in [2.45, 2.75) is 26.7 Å². The molecule has 136 heavy (non-hydrogen) atoms. The van der Waals surface area contributed by atoms with Crippen LogP contribution in [-0.4, -0.2) is 108 Å². The number of halogens is 15. The molecule has 9 N–H and O–H groups in total. The van der Waals surface area contributed by atoms with E-state index in [1.54, 1.807) is 175 Å². The number of amides is 9. The van der Waals surface area contributed by atoms with Crippen LogP contribution >= 0.6 is 58.0 Å². The predicted molar refractivity (Wildman–Crippen MR) is 480 cm³/mol. The summed E-state index contributed by atoms with van der Waals surface area (Å²) >= 11 is 28.5. The summed E-state index contributed by atoms with van der Waals surface area (Å²) in [6, 6.07) is 78.9. The van der Waals surface area contributed by atoms with E-state index in [1.165, 1.54) is 53.0 Å². The molecule has 12 aromatic rings. The molecule has 0 fully saturated rings. The molecule has 0 aliphatic rings. The molecule has 0 aromatic heterocycles. The van der Waals surface area contributed by atoms with Gasteiger partial charge in [-0.25, -0.2) is 87.7 Å². The Kier molecular flexibility index (Phi) is 53.7. The fourth-order valence-electron chi connectivity index (χ4n) is 9.49. The molecule has 718 valence electrons. The molecule has 0 spiro atoms. The smallest absolute Gasteiger partial charge is 0.281 e. The van der Waals surface area contributed by atoms with Crippen molar-refractivity contribution >= 4 is 117 Å². The van der Waals surface area contributed by atoms with Gasteiger partial charge in [0.1, 0.15) is 24.5 Å². The van der Waals surface area contributed by atoms with Gasteiger partial charge in [0, 0.05) is 42.9 Å². The van der Waals surface area contributed by atoms with E-state index in [2.05, 4.69) is 72.1 Å².